The van der Waals surface area contributed by atoms with Crippen molar-refractivity contribution >= 4 is 32.2 Å². The van der Waals surface area contributed by atoms with Crippen LogP contribution >= 0.6 is 11.3 Å². The fourth-order valence-corrected chi connectivity index (χ4v) is 4.26. The van der Waals surface area contributed by atoms with Gasteiger partial charge in [-0.1, -0.05) is 12.1 Å². The van der Waals surface area contributed by atoms with E-state index >= 15 is 0 Å². The lowest BCUT2D eigenvalue weighted by Gasteiger charge is -2.07. The van der Waals surface area contributed by atoms with Crippen LogP contribution in [-0.2, 0) is 10.0 Å². The predicted octanol–water partition coefficient (Wildman–Crippen LogP) is 3.92. The zero-order valence-electron chi connectivity index (χ0n) is 14.2. The van der Waals surface area contributed by atoms with Gasteiger partial charge >= 0.3 is 0 Å². The smallest absolute Gasteiger partial charge is 0.270 e. The molecule has 0 aliphatic heterocycles. The van der Waals surface area contributed by atoms with Crippen LogP contribution in [0.15, 0.2) is 58.8 Å². The fourth-order valence-electron chi connectivity index (χ4n) is 2.29. The van der Waals surface area contributed by atoms with Crippen LogP contribution < -0.4 is 9.46 Å². The van der Waals surface area contributed by atoms with Crippen molar-refractivity contribution < 1.29 is 18.1 Å². The summed E-state index contributed by atoms with van der Waals surface area (Å²) in [5.74, 6) is 0.582. The maximum Gasteiger partial charge on any atom is 0.270 e. The van der Waals surface area contributed by atoms with Crippen LogP contribution in [0.3, 0.4) is 0 Å². The SMILES string of the molecule is CCOc1ccc(S(=O)(=O)Nc2nc(-c3cccc([N+](=O)[O-])c3)cs2)cc1. The van der Waals surface area contributed by atoms with Gasteiger partial charge in [0, 0.05) is 23.1 Å². The second-order valence-electron chi connectivity index (χ2n) is 5.36. The molecule has 1 N–H and O–H groups in total. The number of nitrogens with one attached hydrogen (secondary N) is 1. The highest BCUT2D eigenvalue weighted by atomic mass is 32.2. The lowest BCUT2D eigenvalue weighted by Crippen LogP contribution is -2.12. The summed E-state index contributed by atoms with van der Waals surface area (Å²) < 4.78 is 32.7. The summed E-state index contributed by atoms with van der Waals surface area (Å²) in [6, 6.07) is 12.0. The Morgan fingerprint density at radius 2 is 1.96 bits per heavy atom. The van der Waals surface area contributed by atoms with E-state index in [2.05, 4.69) is 9.71 Å². The van der Waals surface area contributed by atoms with Gasteiger partial charge in [0.2, 0.25) is 0 Å². The molecular weight excluding hydrogens is 390 g/mol. The number of non-ortho nitro benzene ring substituents is 1. The molecule has 0 unspecified atom stereocenters. The quantitative estimate of drug-likeness (QED) is 0.471. The topological polar surface area (TPSA) is 111 Å². The molecule has 0 aliphatic rings. The molecule has 10 heteroatoms. The van der Waals surface area contributed by atoms with E-state index in [1.54, 1.807) is 29.6 Å². The molecule has 27 heavy (non-hydrogen) atoms. The molecule has 0 radical (unpaired) electrons. The van der Waals surface area contributed by atoms with Crippen LogP contribution in [0.4, 0.5) is 10.8 Å². The molecule has 0 spiro atoms. The van der Waals surface area contributed by atoms with Crippen molar-refractivity contribution in [1.29, 1.82) is 0 Å². The molecule has 1 heterocycles. The number of nitrogens with zero attached hydrogens (tertiary/aromatic N) is 2. The van der Waals surface area contributed by atoms with Gasteiger partial charge in [-0.3, -0.25) is 14.8 Å². The Morgan fingerprint density at radius 3 is 2.63 bits per heavy atom. The Labute approximate surface area is 159 Å². The zero-order chi connectivity index (χ0) is 19.4. The third-order valence-electron chi connectivity index (χ3n) is 3.52. The zero-order valence-corrected chi connectivity index (χ0v) is 15.8. The number of rotatable bonds is 7. The van der Waals surface area contributed by atoms with Gasteiger partial charge in [0.1, 0.15) is 5.75 Å². The lowest BCUT2D eigenvalue weighted by molar-refractivity contribution is -0.384. The van der Waals surface area contributed by atoms with Crippen molar-refractivity contribution in [2.75, 3.05) is 11.3 Å². The van der Waals surface area contributed by atoms with Crippen LogP contribution in [0.5, 0.6) is 5.75 Å². The van der Waals surface area contributed by atoms with Gasteiger partial charge in [0.25, 0.3) is 15.7 Å². The molecule has 0 amide bonds. The van der Waals surface area contributed by atoms with Crippen molar-refractivity contribution in [1.82, 2.24) is 4.98 Å². The van der Waals surface area contributed by atoms with Gasteiger partial charge in [0.15, 0.2) is 5.13 Å². The third-order valence-corrected chi connectivity index (χ3v) is 5.77. The Hall–Kier alpha value is -2.98. The van der Waals surface area contributed by atoms with E-state index in [0.717, 1.165) is 11.3 Å². The van der Waals surface area contributed by atoms with E-state index < -0.39 is 14.9 Å². The van der Waals surface area contributed by atoms with Crippen LogP contribution in [0.1, 0.15) is 6.92 Å². The van der Waals surface area contributed by atoms with Crippen molar-refractivity contribution in [3.8, 4) is 17.0 Å². The number of hydrogen-bond donors (Lipinski definition) is 1. The normalized spacial score (nSPS) is 11.1. The first-order valence-electron chi connectivity index (χ1n) is 7.85. The minimum absolute atomic E-state index is 0.0583. The number of nitro benzene ring substituents is 1. The van der Waals surface area contributed by atoms with E-state index in [4.69, 9.17) is 4.74 Å². The Morgan fingerprint density at radius 1 is 1.22 bits per heavy atom. The van der Waals surface area contributed by atoms with Crippen LogP contribution in [-0.4, -0.2) is 24.9 Å². The summed E-state index contributed by atoms with van der Waals surface area (Å²) in [4.78, 5) is 14.7. The first-order valence-corrected chi connectivity index (χ1v) is 10.2. The molecular formula is C17H15N3O5S2. The molecule has 0 aliphatic carbocycles. The van der Waals surface area contributed by atoms with E-state index in [1.165, 1.54) is 24.3 Å². The highest BCUT2D eigenvalue weighted by molar-refractivity contribution is 7.93. The third kappa shape index (κ3) is 4.41. The fraction of sp³-hybridized carbons (Fsp3) is 0.118. The Kier molecular flexibility index (Phi) is 5.38. The monoisotopic (exact) mass is 405 g/mol. The summed E-state index contributed by atoms with van der Waals surface area (Å²) >= 11 is 1.10. The molecule has 0 fully saturated rings. The molecule has 2 aromatic carbocycles. The first kappa shape index (κ1) is 18.8. The van der Waals surface area contributed by atoms with E-state index in [9.17, 15) is 18.5 Å². The molecule has 0 saturated heterocycles. The van der Waals surface area contributed by atoms with Gasteiger partial charge in [-0.2, -0.15) is 0 Å². The second kappa shape index (κ2) is 7.72. The predicted molar refractivity (Wildman–Crippen MR) is 103 cm³/mol. The summed E-state index contributed by atoms with van der Waals surface area (Å²) in [5, 5.41) is 12.7. The number of aromatic nitrogens is 1. The molecule has 140 valence electrons. The number of anilines is 1. The summed E-state index contributed by atoms with van der Waals surface area (Å²) in [6.07, 6.45) is 0. The average molecular weight is 405 g/mol. The van der Waals surface area contributed by atoms with Gasteiger partial charge in [-0.05, 0) is 31.2 Å². The van der Waals surface area contributed by atoms with E-state index in [0.29, 0.717) is 23.6 Å². The molecule has 8 nitrogen and oxygen atoms in total. The summed E-state index contributed by atoms with van der Waals surface area (Å²) in [7, 11) is -3.80. The minimum Gasteiger partial charge on any atom is -0.494 e. The van der Waals surface area contributed by atoms with Gasteiger partial charge in [-0.25, -0.2) is 13.4 Å². The number of benzene rings is 2. The molecule has 1 aromatic heterocycles. The Bertz CT molecular complexity index is 1060. The maximum atomic E-state index is 12.5. The highest BCUT2D eigenvalue weighted by Crippen LogP contribution is 2.29. The second-order valence-corrected chi connectivity index (χ2v) is 7.90. The van der Waals surface area contributed by atoms with Crippen LogP contribution in [0.25, 0.3) is 11.3 Å². The number of thiazole rings is 1. The molecule has 3 aromatic rings. The number of ether oxygens (including phenoxy) is 1. The Balaban J connectivity index is 1.80. The average Bonchev–Trinajstić information content (AvgIpc) is 3.10. The summed E-state index contributed by atoms with van der Waals surface area (Å²) in [6.45, 7) is 2.33. The van der Waals surface area contributed by atoms with Gasteiger partial charge < -0.3 is 4.74 Å². The first-order chi connectivity index (χ1) is 12.9. The van der Waals surface area contributed by atoms with Crippen molar-refractivity contribution in [3.05, 3.63) is 64.0 Å². The molecule has 0 saturated carbocycles. The van der Waals surface area contributed by atoms with Crippen LogP contribution in [0, 0.1) is 10.1 Å². The molecule has 0 bridgehead atoms. The summed E-state index contributed by atoms with van der Waals surface area (Å²) in [5.41, 5.74) is 0.928. The van der Waals surface area contributed by atoms with E-state index in [1.807, 2.05) is 6.92 Å². The van der Waals surface area contributed by atoms with Crippen molar-refractivity contribution in [2.45, 2.75) is 11.8 Å². The maximum absolute atomic E-state index is 12.5. The molecule has 0 atom stereocenters. The number of nitro groups is 1. The largest absolute Gasteiger partial charge is 0.494 e. The number of sulfonamides is 1. The standard InChI is InChI=1S/C17H15N3O5S2/c1-2-25-14-6-8-15(9-7-14)27(23,24)19-17-18-16(11-26-17)12-4-3-5-13(10-12)20(21)22/h3-11H,2H2,1H3,(H,18,19). The van der Waals surface area contributed by atoms with Crippen molar-refractivity contribution in [2.24, 2.45) is 0 Å². The number of hydrogen-bond acceptors (Lipinski definition) is 7. The van der Waals surface area contributed by atoms with Crippen LogP contribution in [0.2, 0.25) is 0 Å². The van der Waals surface area contributed by atoms with Gasteiger partial charge in [0.05, 0.1) is 22.1 Å². The highest BCUT2D eigenvalue weighted by Gasteiger charge is 2.17. The lowest BCUT2D eigenvalue weighted by atomic mass is 10.1. The minimum atomic E-state index is -3.80. The van der Waals surface area contributed by atoms with Crippen molar-refractivity contribution in [3.63, 3.8) is 0 Å². The van der Waals surface area contributed by atoms with E-state index in [-0.39, 0.29) is 15.7 Å². The molecule has 3 rings (SSSR count). The van der Waals surface area contributed by atoms with Gasteiger partial charge in [-0.15, -0.1) is 11.3 Å².